The molecule has 8 nitrogen and oxygen atoms in total. The molecule has 1 aromatic heterocycles. The minimum absolute atomic E-state index is 0.0972. The maximum atomic E-state index is 13.0. The number of anilines is 1. The molecule has 0 radical (unpaired) electrons. The summed E-state index contributed by atoms with van der Waals surface area (Å²) in [5.41, 5.74) is 1.40. The van der Waals surface area contributed by atoms with Crippen molar-refractivity contribution in [2.24, 2.45) is 0 Å². The number of likely N-dealkylation sites (N-methyl/N-ethyl adjacent to an activating group) is 1. The lowest BCUT2D eigenvalue weighted by molar-refractivity contribution is 0.0857. The summed E-state index contributed by atoms with van der Waals surface area (Å²) in [6, 6.07) is 7.65. The number of amides is 1. The summed E-state index contributed by atoms with van der Waals surface area (Å²) in [4.78, 5) is 27.0. The zero-order chi connectivity index (χ0) is 21.6. The number of nitrogens with zero attached hydrogens (tertiary/aromatic N) is 4. The summed E-state index contributed by atoms with van der Waals surface area (Å²) in [6.07, 6.45) is 3.78. The van der Waals surface area contributed by atoms with Gasteiger partial charge in [-0.05, 0) is 43.7 Å². The molecule has 31 heavy (non-hydrogen) atoms. The molecule has 3 heterocycles. The molecule has 2 aliphatic rings. The Morgan fingerprint density at radius 2 is 2.00 bits per heavy atom. The molecule has 0 spiro atoms. The van der Waals surface area contributed by atoms with E-state index in [2.05, 4.69) is 27.0 Å². The molecule has 166 valence electrons. The molecule has 0 aliphatic carbocycles. The number of ether oxygens (including phenoxy) is 2. The Bertz CT molecular complexity index is 875. The second-order valence-electron chi connectivity index (χ2n) is 7.93. The average molecular weight is 426 g/mol. The van der Waals surface area contributed by atoms with E-state index in [1.165, 1.54) is 0 Å². The quantitative estimate of drug-likeness (QED) is 0.728. The van der Waals surface area contributed by atoms with E-state index in [4.69, 9.17) is 14.5 Å². The van der Waals surface area contributed by atoms with Crippen LogP contribution in [0.25, 0.3) is 11.4 Å². The largest absolute Gasteiger partial charge is 0.497 e. The summed E-state index contributed by atoms with van der Waals surface area (Å²) >= 11 is 0. The van der Waals surface area contributed by atoms with Crippen LogP contribution in [0.2, 0.25) is 0 Å². The molecule has 8 heteroatoms. The van der Waals surface area contributed by atoms with Crippen molar-refractivity contribution < 1.29 is 14.3 Å². The van der Waals surface area contributed by atoms with E-state index in [1.807, 2.05) is 24.3 Å². The lowest BCUT2D eigenvalue weighted by atomic mass is 10.1. The Morgan fingerprint density at radius 1 is 1.23 bits per heavy atom. The van der Waals surface area contributed by atoms with E-state index in [9.17, 15) is 4.79 Å². The van der Waals surface area contributed by atoms with E-state index in [0.717, 1.165) is 63.5 Å². The van der Waals surface area contributed by atoms with Crippen LogP contribution in [0, 0.1) is 0 Å². The summed E-state index contributed by atoms with van der Waals surface area (Å²) in [6.45, 7) is 8.06. The van der Waals surface area contributed by atoms with Gasteiger partial charge in [0.2, 0.25) is 0 Å². The normalized spacial score (nSPS) is 19.4. The maximum absolute atomic E-state index is 13.0. The highest BCUT2D eigenvalue weighted by Gasteiger charge is 2.25. The number of aromatic nitrogens is 2. The Labute approximate surface area is 183 Å². The highest BCUT2D eigenvalue weighted by atomic mass is 16.5. The number of nitrogens with one attached hydrogen (secondary N) is 1. The number of carbonyl (C=O) groups excluding carboxylic acids is 1. The summed E-state index contributed by atoms with van der Waals surface area (Å²) in [5, 5.41) is 3.02. The molecule has 0 bridgehead atoms. The van der Waals surface area contributed by atoms with Crippen LogP contribution in [0.15, 0.2) is 30.5 Å². The topological polar surface area (TPSA) is 79.8 Å². The van der Waals surface area contributed by atoms with Gasteiger partial charge in [-0.1, -0.05) is 6.92 Å². The Balaban J connectivity index is 1.58. The van der Waals surface area contributed by atoms with E-state index in [-0.39, 0.29) is 12.0 Å². The number of rotatable bonds is 7. The minimum atomic E-state index is -0.148. The van der Waals surface area contributed by atoms with Crippen LogP contribution in [0.1, 0.15) is 30.1 Å². The third kappa shape index (κ3) is 5.14. The molecule has 1 amide bonds. The van der Waals surface area contributed by atoms with Crippen LogP contribution in [0.4, 0.5) is 5.82 Å². The first-order valence-corrected chi connectivity index (χ1v) is 11.1. The van der Waals surface area contributed by atoms with Gasteiger partial charge in [-0.25, -0.2) is 9.97 Å². The van der Waals surface area contributed by atoms with Gasteiger partial charge >= 0.3 is 0 Å². The van der Waals surface area contributed by atoms with Crippen molar-refractivity contribution in [1.29, 1.82) is 0 Å². The van der Waals surface area contributed by atoms with Crippen molar-refractivity contribution in [1.82, 2.24) is 20.2 Å². The molecule has 0 saturated carbocycles. The fourth-order valence-electron chi connectivity index (χ4n) is 4.04. The minimum Gasteiger partial charge on any atom is -0.497 e. The predicted molar refractivity (Wildman–Crippen MR) is 120 cm³/mol. The Kier molecular flexibility index (Phi) is 6.99. The molecule has 1 atom stereocenters. The third-order valence-electron chi connectivity index (χ3n) is 5.99. The summed E-state index contributed by atoms with van der Waals surface area (Å²) in [7, 11) is 1.64. The van der Waals surface area contributed by atoms with Gasteiger partial charge in [0.15, 0.2) is 5.82 Å². The molecule has 2 aliphatic heterocycles. The van der Waals surface area contributed by atoms with E-state index in [1.54, 1.807) is 13.3 Å². The molecule has 1 unspecified atom stereocenters. The van der Waals surface area contributed by atoms with Crippen LogP contribution < -0.4 is 15.0 Å². The average Bonchev–Trinajstić information content (AvgIpc) is 3.36. The van der Waals surface area contributed by atoms with Crippen molar-refractivity contribution in [2.75, 3.05) is 57.9 Å². The lowest BCUT2D eigenvalue weighted by Gasteiger charge is -2.35. The third-order valence-corrected chi connectivity index (χ3v) is 5.99. The SMILES string of the molecule is CCN1CCN(c2nc(-c3ccc(OC)cc3)ncc2C(=O)NCC2CCCO2)CC1. The van der Waals surface area contributed by atoms with E-state index >= 15 is 0 Å². The van der Waals surface area contributed by atoms with Crippen molar-refractivity contribution in [3.8, 4) is 17.1 Å². The first-order chi connectivity index (χ1) is 15.2. The van der Waals surface area contributed by atoms with Crippen molar-refractivity contribution in [2.45, 2.75) is 25.9 Å². The van der Waals surface area contributed by atoms with E-state index in [0.29, 0.717) is 23.8 Å². The van der Waals surface area contributed by atoms with Gasteiger partial charge < -0.3 is 24.6 Å². The van der Waals surface area contributed by atoms with Gasteiger partial charge in [-0.3, -0.25) is 4.79 Å². The second-order valence-corrected chi connectivity index (χ2v) is 7.93. The van der Waals surface area contributed by atoms with Gasteiger partial charge in [0.1, 0.15) is 17.1 Å². The van der Waals surface area contributed by atoms with Crippen LogP contribution >= 0.6 is 0 Å². The number of hydrogen-bond acceptors (Lipinski definition) is 7. The number of carbonyl (C=O) groups is 1. The van der Waals surface area contributed by atoms with Gasteiger partial charge in [0.05, 0.1) is 13.2 Å². The molecule has 4 rings (SSSR count). The number of hydrogen-bond donors (Lipinski definition) is 1. The van der Waals surface area contributed by atoms with Crippen LogP contribution in [0.3, 0.4) is 0 Å². The highest BCUT2D eigenvalue weighted by Crippen LogP contribution is 2.25. The molecular weight excluding hydrogens is 394 g/mol. The summed E-state index contributed by atoms with van der Waals surface area (Å²) in [5.74, 6) is 1.93. The predicted octanol–water partition coefficient (Wildman–Crippen LogP) is 2.20. The van der Waals surface area contributed by atoms with Gasteiger partial charge in [-0.15, -0.1) is 0 Å². The van der Waals surface area contributed by atoms with E-state index < -0.39 is 0 Å². The molecule has 1 N–H and O–H groups in total. The Hall–Kier alpha value is -2.71. The monoisotopic (exact) mass is 425 g/mol. The molecule has 2 saturated heterocycles. The van der Waals surface area contributed by atoms with Crippen molar-refractivity contribution >= 4 is 11.7 Å². The molecule has 2 aromatic rings. The fraction of sp³-hybridized carbons (Fsp3) is 0.522. The summed E-state index contributed by atoms with van der Waals surface area (Å²) < 4.78 is 10.9. The lowest BCUT2D eigenvalue weighted by Crippen LogP contribution is -2.47. The fourth-order valence-corrected chi connectivity index (χ4v) is 4.04. The first kappa shape index (κ1) is 21.5. The first-order valence-electron chi connectivity index (χ1n) is 11.1. The van der Waals surface area contributed by atoms with Gasteiger partial charge in [0, 0.05) is 51.1 Å². The molecular formula is C23H31N5O3. The van der Waals surface area contributed by atoms with Crippen LogP contribution in [-0.4, -0.2) is 79.9 Å². The number of piperazine rings is 1. The van der Waals surface area contributed by atoms with Crippen LogP contribution in [0.5, 0.6) is 5.75 Å². The zero-order valence-electron chi connectivity index (χ0n) is 18.3. The zero-order valence-corrected chi connectivity index (χ0v) is 18.3. The van der Waals surface area contributed by atoms with Gasteiger partial charge in [-0.2, -0.15) is 0 Å². The van der Waals surface area contributed by atoms with Crippen molar-refractivity contribution in [3.63, 3.8) is 0 Å². The number of benzene rings is 1. The molecule has 1 aromatic carbocycles. The second kappa shape index (κ2) is 10.1. The van der Waals surface area contributed by atoms with Crippen LogP contribution in [-0.2, 0) is 4.74 Å². The Morgan fingerprint density at radius 3 is 2.65 bits per heavy atom. The highest BCUT2D eigenvalue weighted by molar-refractivity contribution is 5.99. The van der Waals surface area contributed by atoms with Gasteiger partial charge in [0.25, 0.3) is 5.91 Å². The van der Waals surface area contributed by atoms with Crippen molar-refractivity contribution in [3.05, 3.63) is 36.0 Å². The standard InChI is InChI=1S/C23H31N5O3/c1-3-27-10-12-28(13-11-27)22-20(23(29)25-15-19-5-4-14-31-19)16-24-21(26-22)17-6-8-18(30-2)9-7-17/h6-9,16,19H,3-5,10-15H2,1-2H3,(H,25,29). The maximum Gasteiger partial charge on any atom is 0.256 e. The molecule has 2 fully saturated rings. The smallest absolute Gasteiger partial charge is 0.256 e. The number of methoxy groups -OCH3 is 1.